The van der Waals surface area contributed by atoms with Crippen LogP contribution in [0, 0.1) is 0 Å². The molecule has 16 heavy (non-hydrogen) atoms. The van der Waals surface area contributed by atoms with Gasteiger partial charge in [-0.05, 0) is 17.7 Å². The Hall–Kier alpha value is -1.15. The fraction of sp³-hybridized carbons (Fsp3) is 0.333. The maximum Gasteiger partial charge on any atom is 0.274 e. The van der Waals surface area contributed by atoms with Gasteiger partial charge < -0.3 is 10.4 Å². The van der Waals surface area contributed by atoms with Crippen molar-refractivity contribution in [2.75, 3.05) is 13.1 Å². The van der Waals surface area contributed by atoms with Crippen LogP contribution in [0.3, 0.4) is 0 Å². The van der Waals surface area contributed by atoms with Gasteiger partial charge in [0.05, 0.1) is 0 Å². The highest BCUT2D eigenvalue weighted by Crippen LogP contribution is 2.08. The average molecular weight is 245 g/mol. The predicted molar refractivity (Wildman–Crippen MR) is 60.9 cm³/mol. The van der Waals surface area contributed by atoms with Crippen LogP contribution in [0.15, 0.2) is 24.3 Å². The third kappa shape index (κ3) is 5.66. The number of aromatic hydroxyl groups is 1. The van der Waals surface area contributed by atoms with Crippen LogP contribution < -0.4 is 15.2 Å². The molecular formula is C9H15N3O3S. The molecule has 0 aliphatic carbocycles. The van der Waals surface area contributed by atoms with Gasteiger partial charge in [-0.2, -0.15) is 8.42 Å². The van der Waals surface area contributed by atoms with Crippen LogP contribution in [-0.4, -0.2) is 26.6 Å². The van der Waals surface area contributed by atoms with Gasteiger partial charge in [0.1, 0.15) is 5.75 Å². The highest BCUT2D eigenvalue weighted by Gasteiger charge is 1.98. The molecule has 6 nitrogen and oxygen atoms in total. The summed E-state index contributed by atoms with van der Waals surface area (Å²) in [6.07, 6.45) is 0. The molecule has 0 saturated heterocycles. The van der Waals surface area contributed by atoms with Crippen molar-refractivity contribution in [1.82, 2.24) is 10.0 Å². The van der Waals surface area contributed by atoms with Crippen molar-refractivity contribution in [3.63, 3.8) is 0 Å². The number of nitrogens with two attached hydrogens (primary N) is 1. The molecule has 0 amide bonds. The van der Waals surface area contributed by atoms with E-state index in [1.807, 2.05) is 0 Å². The summed E-state index contributed by atoms with van der Waals surface area (Å²) in [4.78, 5) is 0. The quantitative estimate of drug-likeness (QED) is 0.496. The first kappa shape index (κ1) is 12.9. The Morgan fingerprint density at radius 3 is 2.38 bits per heavy atom. The Morgan fingerprint density at radius 2 is 1.81 bits per heavy atom. The molecule has 0 heterocycles. The van der Waals surface area contributed by atoms with Crippen LogP contribution in [0.4, 0.5) is 0 Å². The number of phenolic OH excluding ortho intramolecular Hbond substituents is 1. The summed E-state index contributed by atoms with van der Waals surface area (Å²) in [5.74, 6) is 0.222. The first-order chi connectivity index (χ1) is 7.47. The highest BCUT2D eigenvalue weighted by atomic mass is 32.2. The van der Waals surface area contributed by atoms with E-state index in [9.17, 15) is 8.42 Å². The van der Waals surface area contributed by atoms with Crippen molar-refractivity contribution >= 4 is 10.2 Å². The molecule has 0 spiro atoms. The van der Waals surface area contributed by atoms with Gasteiger partial charge in [0.15, 0.2) is 0 Å². The molecule has 0 aliphatic rings. The van der Waals surface area contributed by atoms with Crippen molar-refractivity contribution in [3.05, 3.63) is 29.8 Å². The lowest BCUT2D eigenvalue weighted by Crippen LogP contribution is -2.35. The van der Waals surface area contributed by atoms with Crippen LogP contribution >= 0.6 is 0 Å². The normalized spacial score (nSPS) is 11.6. The molecule has 5 N–H and O–H groups in total. The van der Waals surface area contributed by atoms with E-state index in [1.165, 1.54) is 0 Å². The molecule has 1 rings (SSSR count). The summed E-state index contributed by atoms with van der Waals surface area (Å²) in [6, 6.07) is 6.77. The molecule has 1 aromatic rings. The SMILES string of the molecule is NS(=O)(=O)NCCNCc1ccc(O)cc1. The van der Waals surface area contributed by atoms with Crippen molar-refractivity contribution < 1.29 is 13.5 Å². The minimum atomic E-state index is -3.60. The Morgan fingerprint density at radius 1 is 1.19 bits per heavy atom. The van der Waals surface area contributed by atoms with E-state index in [4.69, 9.17) is 10.2 Å². The van der Waals surface area contributed by atoms with Gasteiger partial charge in [-0.3, -0.25) is 0 Å². The number of benzene rings is 1. The summed E-state index contributed by atoms with van der Waals surface area (Å²) >= 11 is 0. The van der Waals surface area contributed by atoms with E-state index in [1.54, 1.807) is 24.3 Å². The summed E-state index contributed by atoms with van der Waals surface area (Å²) in [5, 5.41) is 16.8. The maximum absolute atomic E-state index is 10.5. The van der Waals surface area contributed by atoms with Gasteiger partial charge >= 0.3 is 0 Å². The number of phenols is 1. The summed E-state index contributed by atoms with van der Waals surface area (Å²) in [5.41, 5.74) is 1.01. The standard InChI is InChI=1S/C9H15N3O3S/c10-16(14,15)12-6-5-11-7-8-1-3-9(13)4-2-8/h1-4,11-13H,5-7H2,(H2,10,14,15). The topological polar surface area (TPSA) is 104 Å². The Kier molecular flexibility index (Phi) is 4.69. The summed E-state index contributed by atoms with van der Waals surface area (Å²) in [7, 11) is -3.60. The van der Waals surface area contributed by atoms with Crippen LogP contribution in [0.5, 0.6) is 5.75 Å². The Balaban J connectivity index is 2.19. The fourth-order valence-corrected chi connectivity index (χ4v) is 1.51. The lowest BCUT2D eigenvalue weighted by atomic mass is 10.2. The number of nitrogens with one attached hydrogen (secondary N) is 2. The molecule has 0 aliphatic heterocycles. The van der Waals surface area contributed by atoms with Crippen molar-refractivity contribution in [2.45, 2.75) is 6.54 Å². The summed E-state index contributed by atoms with van der Waals surface area (Å²) < 4.78 is 23.2. The van der Waals surface area contributed by atoms with Gasteiger partial charge in [0.25, 0.3) is 10.2 Å². The zero-order chi connectivity index (χ0) is 12.0. The zero-order valence-corrected chi connectivity index (χ0v) is 9.50. The second kappa shape index (κ2) is 5.80. The second-order valence-corrected chi connectivity index (χ2v) is 4.66. The van der Waals surface area contributed by atoms with E-state index >= 15 is 0 Å². The predicted octanol–water partition coefficient (Wildman–Crippen LogP) is -0.725. The van der Waals surface area contributed by atoms with E-state index in [-0.39, 0.29) is 12.3 Å². The third-order valence-corrected chi connectivity index (χ3v) is 2.48. The van der Waals surface area contributed by atoms with E-state index in [0.717, 1.165) is 5.56 Å². The molecule has 0 fully saturated rings. The van der Waals surface area contributed by atoms with Crippen LogP contribution in [0.25, 0.3) is 0 Å². The molecular weight excluding hydrogens is 230 g/mol. The van der Waals surface area contributed by atoms with E-state index in [0.29, 0.717) is 13.1 Å². The zero-order valence-electron chi connectivity index (χ0n) is 8.68. The molecule has 0 unspecified atom stereocenters. The van der Waals surface area contributed by atoms with Crippen molar-refractivity contribution in [2.24, 2.45) is 5.14 Å². The van der Waals surface area contributed by atoms with Gasteiger partial charge in [0, 0.05) is 19.6 Å². The molecule has 0 radical (unpaired) electrons. The maximum atomic E-state index is 10.5. The largest absolute Gasteiger partial charge is 0.508 e. The average Bonchev–Trinajstić information content (AvgIpc) is 2.19. The first-order valence-corrected chi connectivity index (χ1v) is 6.28. The number of hydrogen-bond acceptors (Lipinski definition) is 4. The second-order valence-electron chi connectivity index (χ2n) is 3.28. The van der Waals surface area contributed by atoms with Crippen LogP contribution in [0.1, 0.15) is 5.56 Å². The monoisotopic (exact) mass is 245 g/mol. The molecule has 0 saturated carbocycles. The van der Waals surface area contributed by atoms with E-state index < -0.39 is 10.2 Å². The molecule has 90 valence electrons. The minimum Gasteiger partial charge on any atom is -0.508 e. The Labute approximate surface area is 94.7 Å². The summed E-state index contributed by atoms with van der Waals surface area (Å²) in [6.45, 7) is 1.33. The molecule has 7 heteroatoms. The fourth-order valence-electron chi connectivity index (χ4n) is 1.13. The van der Waals surface area contributed by atoms with Crippen molar-refractivity contribution in [3.8, 4) is 5.75 Å². The van der Waals surface area contributed by atoms with Gasteiger partial charge in [-0.25, -0.2) is 9.86 Å². The van der Waals surface area contributed by atoms with Crippen LogP contribution in [-0.2, 0) is 16.8 Å². The minimum absolute atomic E-state index is 0.222. The van der Waals surface area contributed by atoms with Crippen molar-refractivity contribution in [1.29, 1.82) is 0 Å². The number of hydrogen-bond donors (Lipinski definition) is 4. The highest BCUT2D eigenvalue weighted by molar-refractivity contribution is 7.87. The smallest absolute Gasteiger partial charge is 0.274 e. The number of rotatable bonds is 6. The third-order valence-electron chi connectivity index (χ3n) is 1.87. The van der Waals surface area contributed by atoms with Gasteiger partial charge in [-0.1, -0.05) is 12.1 Å². The van der Waals surface area contributed by atoms with Gasteiger partial charge in [0.2, 0.25) is 0 Å². The van der Waals surface area contributed by atoms with Gasteiger partial charge in [-0.15, -0.1) is 0 Å². The lowest BCUT2D eigenvalue weighted by Gasteiger charge is -2.05. The molecule has 0 bridgehead atoms. The first-order valence-electron chi connectivity index (χ1n) is 4.73. The molecule has 0 aromatic heterocycles. The van der Waals surface area contributed by atoms with E-state index in [2.05, 4.69) is 10.0 Å². The lowest BCUT2D eigenvalue weighted by molar-refractivity contribution is 0.475. The van der Waals surface area contributed by atoms with Crippen LogP contribution in [0.2, 0.25) is 0 Å². The Bertz CT molecular complexity index is 416. The molecule has 1 aromatic carbocycles. The molecule has 0 atom stereocenters.